The van der Waals surface area contributed by atoms with E-state index in [1.807, 2.05) is 59.7 Å². The minimum atomic E-state index is -0.889. The number of aromatic amines is 2. The number of nitrogens with one attached hydrogen (secondary N) is 2. The maximum atomic E-state index is 11.9. The summed E-state index contributed by atoms with van der Waals surface area (Å²) in [5.41, 5.74) is 10.7. The number of H-pyrrole nitrogens is 2. The molecule has 0 bridgehead atoms. The number of aromatic carboxylic acids is 1. The average molecular weight is 627 g/mol. The molecule has 45 heavy (non-hydrogen) atoms. The largest absolute Gasteiger partial charge is 1.00 e. The molecule has 5 N–H and O–H groups in total. The number of carbonyl (C=O) groups excluding carboxylic acids is 1. The second-order valence-electron chi connectivity index (χ2n) is 11.5. The van der Waals surface area contributed by atoms with Gasteiger partial charge >= 0.3 is 41.5 Å². The van der Waals surface area contributed by atoms with Crippen LogP contribution in [0.25, 0.3) is 22.5 Å². The Balaban J connectivity index is 0.000000285. The summed E-state index contributed by atoms with van der Waals surface area (Å²) in [5, 5.41) is 16.3. The molecule has 0 unspecified atom stereocenters. The first-order valence-corrected chi connectivity index (χ1v) is 14.6. The molecule has 2 saturated carbocycles. The normalized spacial score (nSPS) is 13.3. The van der Waals surface area contributed by atoms with Crippen LogP contribution in [0, 0.1) is 41.5 Å². The monoisotopic (exact) mass is 626 g/mol. The number of hydrogen-bond acceptors (Lipinski definition) is 7. The molecular formula is C34H43N4NaO6. The molecule has 2 aromatic carbocycles. The van der Waals surface area contributed by atoms with Gasteiger partial charge in [0.2, 0.25) is 0 Å². The number of ether oxygens (including phenoxy) is 1. The van der Waals surface area contributed by atoms with Crippen molar-refractivity contribution in [3.05, 3.63) is 80.7 Å². The summed E-state index contributed by atoms with van der Waals surface area (Å²) in [4.78, 5) is 39.3. The summed E-state index contributed by atoms with van der Waals surface area (Å²) in [6.45, 7) is 11.8. The summed E-state index contributed by atoms with van der Waals surface area (Å²) in [6, 6.07) is 7.58. The summed E-state index contributed by atoms with van der Waals surface area (Å²) < 4.78 is 4.86. The predicted molar refractivity (Wildman–Crippen MR) is 169 cm³/mol. The van der Waals surface area contributed by atoms with E-state index in [0.717, 1.165) is 74.9 Å². The van der Waals surface area contributed by atoms with Gasteiger partial charge in [0.25, 0.3) is 0 Å². The summed E-state index contributed by atoms with van der Waals surface area (Å²) in [6.07, 6.45) is 4.82. The van der Waals surface area contributed by atoms with Gasteiger partial charge in [-0.25, -0.2) is 19.6 Å². The van der Waals surface area contributed by atoms with E-state index in [9.17, 15) is 14.7 Å². The van der Waals surface area contributed by atoms with Crippen LogP contribution in [0.4, 0.5) is 0 Å². The number of carboxylic acid groups (broad SMARTS) is 1. The van der Waals surface area contributed by atoms with E-state index in [4.69, 9.17) is 14.8 Å². The topological polar surface area (TPSA) is 171 Å². The fraction of sp³-hybridized carbons (Fsp3) is 0.412. The van der Waals surface area contributed by atoms with Crippen LogP contribution in [-0.4, -0.2) is 61.8 Å². The Labute approximate surface area is 286 Å². The molecule has 2 fully saturated rings. The number of carbonyl (C=O) groups is 2. The van der Waals surface area contributed by atoms with Gasteiger partial charge in [-0.1, -0.05) is 12.1 Å². The molecule has 236 valence electrons. The van der Waals surface area contributed by atoms with Gasteiger partial charge in [-0.15, -0.1) is 0 Å². The van der Waals surface area contributed by atoms with E-state index >= 15 is 0 Å². The number of aliphatic hydroxyl groups excluding tert-OH is 1. The number of methoxy groups -OCH3 is 1. The SMILES string of the molecule is CO.COC(=O)c1cc(-c2nc(C3CC3)[nH]c2C)c(C)cc1C.Cc1cc(C)c(-c2nc(C3CC3)[nH]c2C)cc1C(=O)O.[Na+].[OH-]. The number of rotatable bonds is 6. The fourth-order valence-corrected chi connectivity index (χ4v) is 5.37. The molecule has 11 heteroatoms. The first kappa shape index (κ1) is 37.9. The Morgan fingerprint density at radius 1 is 0.711 bits per heavy atom. The van der Waals surface area contributed by atoms with Gasteiger partial charge in [0.05, 0.1) is 29.6 Å². The van der Waals surface area contributed by atoms with Crippen molar-refractivity contribution < 1.29 is 59.6 Å². The van der Waals surface area contributed by atoms with Crippen LogP contribution in [0.15, 0.2) is 24.3 Å². The molecule has 0 spiro atoms. The van der Waals surface area contributed by atoms with Crippen molar-refractivity contribution in [2.75, 3.05) is 14.2 Å². The first-order valence-electron chi connectivity index (χ1n) is 14.6. The van der Waals surface area contributed by atoms with E-state index in [1.165, 1.54) is 32.8 Å². The molecular weight excluding hydrogens is 583 g/mol. The number of aryl methyl sites for hydroxylation is 6. The number of aromatic nitrogens is 4. The van der Waals surface area contributed by atoms with Gasteiger partial charge in [-0.3, -0.25) is 0 Å². The summed E-state index contributed by atoms with van der Waals surface area (Å²) in [5.74, 6) is 2.07. The Hall–Kier alpha value is -3.28. The molecule has 0 aliphatic heterocycles. The predicted octanol–water partition coefficient (Wildman–Crippen LogP) is 3.68. The maximum Gasteiger partial charge on any atom is 1.00 e. The van der Waals surface area contributed by atoms with Crippen LogP contribution in [-0.2, 0) is 4.74 Å². The zero-order valence-electron chi connectivity index (χ0n) is 27.8. The Bertz CT molecular complexity index is 1670. The number of nitrogens with zero attached hydrogens (tertiary/aromatic N) is 2. The molecule has 0 atom stereocenters. The molecule has 2 aromatic heterocycles. The Kier molecular flexibility index (Phi) is 13.3. The van der Waals surface area contributed by atoms with E-state index in [2.05, 4.69) is 15.0 Å². The van der Waals surface area contributed by atoms with Crippen molar-refractivity contribution in [2.24, 2.45) is 0 Å². The minimum Gasteiger partial charge on any atom is -0.870 e. The van der Waals surface area contributed by atoms with Crippen molar-refractivity contribution in [1.29, 1.82) is 0 Å². The van der Waals surface area contributed by atoms with Crippen LogP contribution in [0.5, 0.6) is 0 Å². The number of imidazole rings is 2. The molecule has 2 aliphatic carbocycles. The standard InChI is InChI=1S/C17H20N2O2.C16H18N2O2.CH4O.Na.H2O/c1-9-7-10(2)14(17(20)21-4)8-13(9)15-11(3)18-16(19-15)12-5-6-12;1-8-6-9(2)13(16(19)20)7-12(8)14-10(3)17-15(18-14)11-4-5-11;1-2;;/h7-8,12H,5-6H2,1-4H3,(H,18,19);6-7,11H,4-5H2,1-3H3,(H,17,18)(H,19,20);2H,1H3;;1H2/q;;;+1;/p-1. The number of esters is 1. The van der Waals surface area contributed by atoms with Crippen molar-refractivity contribution in [2.45, 2.75) is 79.1 Å². The van der Waals surface area contributed by atoms with Crippen LogP contribution < -0.4 is 29.6 Å². The third-order valence-electron chi connectivity index (χ3n) is 8.02. The zero-order valence-corrected chi connectivity index (χ0v) is 29.8. The first-order chi connectivity index (χ1) is 20.5. The van der Waals surface area contributed by atoms with Gasteiger partial charge in [0.15, 0.2) is 0 Å². The summed E-state index contributed by atoms with van der Waals surface area (Å²) in [7, 11) is 2.41. The smallest absolute Gasteiger partial charge is 0.870 e. The van der Waals surface area contributed by atoms with E-state index in [1.54, 1.807) is 6.07 Å². The van der Waals surface area contributed by atoms with Gasteiger partial charge in [-0.05, 0) is 102 Å². The van der Waals surface area contributed by atoms with Gasteiger partial charge < -0.3 is 30.4 Å². The molecule has 6 rings (SSSR count). The number of aliphatic hydroxyl groups is 1. The fourth-order valence-electron chi connectivity index (χ4n) is 5.37. The van der Waals surface area contributed by atoms with Gasteiger partial charge in [0, 0.05) is 41.5 Å². The number of benzene rings is 2. The van der Waals surface area contributed by atoms with E-state index in [-0.39, 0.29) is 41.0 Å². The van der Waals surface area contributed by atoms with Crippen LogP contribution >= 0.6 is 0 Å². The Morgan fingerprint density at radius 2 is 1.09 bits per heavy atom. The second-order valence-corrected chi connectivity index (χ2v) is 11.5. The molecule has 10 nitrogen and oxygen atoms in total. The number of carboxylic acids is 1. The zero-order chi connectivity index (χ0) is 31.6. The minimum absolute atomic E-state index is 0. The number of hydrogen-bond donors (Lipinski definition) is 4. The van der Waals surface area contributed by atoms with Crippen molar-refractivity contribution in [3.63, 3.8) is 0 Å². The molecule has 2 aliphatic rings. The quantitative estimate of drug-likeness (QED) is 0.185. The third kappa shape index (κ3) is 8.51. The summed E-state index contributed by atoms with van der Waals surface area (Å²) >= 11 is 0. The van der Waals surface area contributed by atoms with E-state index < -0.39 is 5.97 Å². The van der Waals surface area contributed by atoms with Crippen molar-refractivity contribution in [3.8, 4) is 22.5 Å². The van der Waals surface area contributed by atoms with Crippen LogP contribution in [0.2, 0.25) is 0 Å². The maximum absolute atomic E-state index is 11.9. The molecule has 0 saturated heterocycles. The van der Waals surface area contributed by atoms with Crippen LogP contribution in [0.3, 0.4) is 0 Å². The molecule has 2 heterocycles. The molecule has 4 aromatic rings. The Morgan fingerprint density at radius 3 is 1.44 bits per heavy atom. The second kappa shape index (κ2) is 15.8. The third-order valence-corrected chi connectivity index (χ3v) is 8.02. The molecule has 0 radical (unpaired) electrons. The van der Waals surface area contributed by atoms with Crippen LogP contribution in [0.1, 0.15) is 104 Å². The van der Waals surface area contributed by atoms with E-state index in [0.29, 0.717) is 23.0 Å². The van der Waals surface area contributed by atoms with Gasteiger partial charge in [0.1, 0.15) is 11.6 Å². The average Bonchev–Trinajstić information content (AvgIpc) is 3.91. The van der Waals surface area contributed by atoms with Gasteiger partial charge in [-0.2, -0.15) is 0 Å². The van der Waals surface area contributed by atoms with Crippen molar-refractivity contribution in [1.82, 2.24) is 19.9 Å². The molecule has 0 amide bonds. The van der Waals surface area contributed by atoms with Crippen molar-refractivity contribution >= 4 is 11.9 Å².